The van der Waals surface area contributed by atoms with E-state index in [-0.39, 0.29) is 30.4 Å². The highest BCUT2D eigenvalue weighted by molar-refractivity contribution is 5.80. The van der Waals surface area contributed by atoms with Crippen LogP contribution in [0.2, 0.25) is 0 Å². The maximum atomic E-state index is 12.4. The van der Waals surface area contributed by atoms with Gasteiger partial charge < -0.3 is 15.0 Å². The second kappa shape index (κ2) is 9.06. The molecule has 1 aromatic rings. The summed E-state index contributed by atoms with van der Waals surface area (Å²) >= 11 is 0. The number of nitrogens with one attached hydrogen (secondary N) is 1. The van der Waals surface area contributed by atoms with Crippen LogP contribution in [0.5, 0.6) is 5.75 Å². The van der Waals surface area contributed by atoms with E-state index in [2.05, 4.69) is 19.2 Å². The predicted molar refractivity (Wildman–Crippen MR) is 103 cm³/mol. The van der Waals surface area contributed by atoms with Gasteiger partial charge in [-0.15, -0.1) is 0 Å². The Bertz CT molecular complexity index is 614. The maximum Gasteiger partial charge on any atom is 0.260 e. The fourth-order valence-corrected chi connectivity index (χ4v) is 3.15. The minimum absolute atomic E-state index is 0.000203. The summed E-state index contributed by atoms with van der Waals surface area (Å²) in [6.07, 6.45) is 1.43. The summed E-state index contributed by atoms with van der Waals surface area (Å²) in [6.45, 7) is 11.5. The number of rotatable bonds is 6. The predicted octanol–water partition coefficient (Wildman–Crippen LogP) is 3.08. The fraction of sp³-hybridized carbons (Fsp3) is 0.619. The smallest absolute Gasteiger partial charge is 0.260 e. The normalized spacial score (nSPS) is 16.5. The van der Waals surface area contributed by atoms with Gasteiger partial charge in [0.05, 0.1) is 0 Å². The largest absolute Gasteiger partial charge is 0.483 e. The number of ether oxygens (including phenoxy) is 1. The van der Waals surface area contributed by atoms with Crippen molar-refractivity contribution in [2.45, 2.75) is 53.5 Å². The van der Waals surface area contributed by atoms with Crippen molar-refractivity contribution in [2.75, 3.05) is 19.7 Å². The van der Waals surface area contributed by atoms with E-state index in [0.717, 1.165) is 16.9 Å². The van der Waals surface area contributed by atoms with E-state index < -0.39 is 0 Å². The summed E-state index contributed by atoms with van der Waals surface area (Å²) in [7, 11) is 0. The van der Waals surface area contributed by atoms with E-state index in [0.29, 0.717) is 31.8 Å². The average Bonchev–Trinajstić information content (AvgIpc) is 2.61. The second-order valence-electron chi connectivity index (χ2n) is 7.71. The van der Waals surface area contributed by atoms with Gasteiger partial charge >= 0.3 is 0 Å². The number of aryl methyl sites for hydroxylation is 2. The molecule has 0 aliphatic carbocycles. The van der Waals surface area contributed by atoms with E-state index in [1.54, 1.807) is 0 Å². The molecule has 1 fully saturated rings. The zero-order valence-corrected chi connectivity index (χ0v) is 16.7. The van der Waals surface area contributed by atoms with Gasteiger partial charge in [0.15, 0.2) is 6.61 Å². The van der Waals surface area contributed by atoms with E-state index in [9.17, 15) is 9.59 Å². The van der Waals surface area contributed by atoms with Gasteiger partial charge in [-0.05, 0) is 50.7 Å². The standard InChI is InChI=1S/C21H32N2O3/c1-14(2)17(5)22-21(25)18-9-11-23(12-10-18)19(24)13-26-20-15(3)7-6-8-16(20)4/h6-8,14,17-18H,9-13H2,1-5H3,(H,22,25). The molecule has 2 amide bonds. The monoisotopic (exact) mass is 360 g/mol. The highest BCUT2D eigenvalue weighted by Gasteiger charge is 2.28. The molecule has 1 aliphatic rings. The van der Waals surface area contributed by atoms with Crippen molar-refractivity contribution in [1.29, 1.82) is 0 Å². The van der Waals surface area contributed by atoms with Crippen molar-refractivity contribution in [3.05, 3.63) is 29.3 Å². The average molecular weight is 360 g/mol. The van der Waals surface area contributed by atoms with Crippen LogP contribution in [0.4, 0.5) is 0 Å². The van der Waals surface area contributed by atoms with E-state index in [4.69, 9.17) is 4.74 Å². The van der Waals surface area contributed by atoms with Gasteiger partial charge in [-0.3, -0.25) is 9.59 Å². The number of piperidine rings is 1. The number of amides is 2. The van der Waals surface area contributed by atoms with Crippen molar-refractivity contribution in [2.24, 2.45) is 11.8 Å². The number of hydrogen-bond acceptors (Lipinski definition) is 3. The first kappa shape index (κ1) is 20.3. The van der Waals surface area contributed by atoms with Gasteiger partial charge in [-0.2, -0.15) is 0 Å². The topological polar surface area (TPSA) is 58.6 Å². The molecule has 1 heterocycles. The lowest BCUT2D eigenvalue weighted by Crippen LogP contribution is -2.46. The van der Waals surface area contributed by atoms with Gasteiger partial charge in [0.2, 0.25) is 5.91 Å². The molecule has 1 atom stereocenters. The Balaban J connectivity index is 1.80. The van der Waals surface area contributed by atoms with Crippen LogP contribution in [-0.2, 0) is 9.59 Å². The molecule has 0 bridgehead atoms. The first-order chi connectivity index (χ1) is 12.3. The molecule has 1 aromatic carbocycles. The van der Waals surface area contributed by atoms with Crippen LogP contribution in [0.1, 0.15) is 44.7 Å². The molecule has 1 N–H and O–H groups in total. The van der Waals surface area contributed by atoms with Gasteiger partial charge in [0.25, 0.3) is 5.91 Å². The lowest BCUT2D eigenvalue weighted by Gasteiger charge is -2.32. The number of para-hydroxylation sites is 1. The third-order valence-corrected chi connectivity index (χ3v) is 5.34. The van der Waals surface area contributed by atoms with Crippen molar-refractivity contribution < 1.29 is 14.3 Å². The Kier molecular flexibility index (Phi) is 7.06. The molecule has 26 heavy (non-hydrogen) atoms. The number of hydrogen-bond donors (Lipinski definition) is 1. The van der Waals surface area contributed by atoms with E-state index in [1.165, 1.54) is 0 Å². The van der Waals surface area contributed by atoms with Crippen molar-refractivity contribution in [3.8, 4) is 5.75 Å². The van der Waals surface area contributed by atoms with Crippen molar-refractivity contribution in [3.63, 3.8) is 0 Å². The van der Waals surface area contributed by atoms with Gasteiger partial charge in [0, 0.05) is 25.0 Å². The van der Waals surface area contributed by atoms with Crippen LogP contribution in [0.15, 0.2) is 18.2 Å². The summed E-state index contributed by atoms with van der Waals surface area (Å²) in [5, 5.41) is 3.09. The van der Waals surface area contributed by atoms with Crippen molar-refractivity contribution in [1.82, 2.24) is 10.2 Å². The first-order valence-electron chi connectivity index (χ1n) is 9.56. The number of carbonyl (C=O) groups excluding carboxylic acids is 2. The highest BCUT2D eigenvalue weighted by atomic mass is 16.5. The lowest BCUT2D eigenvalue weighted by atomic mass is 9.95. The van der Waals surface area contributed by atoms with Gasteiger partial charge in [-0.1, -0.05) is 32.0 Å². The van der Waals surface area contributed by atoms with Crippen LogP contribution < -0.4 is 10.1 Å². The molecule has 0 radical (unpaired) electrons. The van der Waals surface area contributed by atoms with E-state index >= 15 is 0 Å². The van der Waals surface area contributed by atoms with Crippen molar-refractivity contribution >= 4 is 11.8 Å². The lowest BCUT2D eigenvalue weighted by molar-refractivity contribution is -0.137. The number of carbonyl (C=O) groups is 2. The molecule has 1 saturated heterocycles. The summed E-state index contributed by atoms with van der Waals surface area (Å²) in [5.41, 5.74) is 2.07. The van der Waals surface area contributed by atoms with Crippen LogP contribution >= 0.6 is 0 Å². The number of likely N-dealkylation sites (tertiary alicyclic amines) is 1. The Morgan fingerprint density at radius 2 is 1.73 bits per heavy atom. The van der Waals surface area contributed by atoms with E-state index in [1.807, 2.05) is 43.9 Å². The zero-order valence-electron chi connectivity index (χ0n) is 16.7. The highest BCUT2D eigenvalue weighted by Crippen LogP contribution is 2.23. The Labute approximate surface area is 157 Å². The summed E-state index contributed by atoms with van der Waals surface area (Å²) in [4.78, 5) is 26.6. The Morgan fingerprint density at radius 1 is 1.15 bits per heavy atom. The number of nitrogens with zero attached hydrogens (tertiary/aromatic N) is 1. The van der Waals surface area contributed by atoms with Crippen LogP contribution in [0, 0.1) is 25.7 Å². The van der Waals surface area contributed by atoms with Crippen LogP contribution in [0.25, 0.3) is 0 Å². The summed E-state index contributed by atoms with van der Waals surface area (Å²) in [6, 6.07) is 6.12. The minimum Gasteiger partial charge on any atom is -0.483 e. The molecule has 144 valence electrons. The molecular weight excluding hydrogens is 328 g/mol. The molecule has 0 aromatic heterocycles. The minimum atomic E-state index is -0.0120. The fourth-order valence-electron chi connectivity index (χ4n) is 3.15. The maximum absolute atomic E-state index is 12.4. The third-order valence-electron chi connectivity index (χ3n) is 5.34. The van der Waals surface area contributed by atoms with Crippen LogP contribution in [0.3, 0.4) is 0 Å². The molecule has 5 heteroatoms. The van der Waals surface area contributed by atoms with Gasteiger partial charge in [-0.25, -0.2) is 0 Å². The van der Waals surface area contributed by atoms with Crippen LogP contribution in [-0.4, -0.2) is 42.5 Å². The molecule has 0 spiro atoms. The molecule has 2 rings (SSSR count). The van der Waals surface area contributed by atoms with Gasteiger partial charge in [0.1, 0.15) is 5.75 Å². The number of benzene rings is 1. The SMILES string of the molecule is Cc1cccc(C)c1OCC(=O)N1CCC(C(=O)NC(C)C(C)C)CC1. The third kappa shape index (κ3) is 5.23. The second-order valence-corrected chi connectivity index (χ2v) is 7.71. The molecule has 1 unspecified atom stereocenters. The molecule has 5 nitrogen and oxygen atoms in total. The molecular formula is C21H32N2O3. The molecule has 1 aliphatic heterocycles. The summed E-state index contributed by atoms with van der Waals surface area (Å²) < 4.78 is 5.77. The Hall–Kier alpha value is -2.04. The Morgan fingerprint density at radius 3 is 2.27 bits per heavy atom. The quantitative estimate of drug-likeness (QED) is 0.848. The summed E-state index contributed by atoms with van der Waals surface area (Å²) in [5.74, 6) is 1.31. The zero-order chi connectivity index (χ0) is 19.3. The molecule has 0 saturated carbocycles. The first-order valence-corrected chi connectivity index (χ1v) is 9.56.